The molecule has 2 aromatic rings. The van der Waals surface area contributed by atoms with Crippen LogP contribution in [-0.4, -0.2) is 37.4 Å². The Kier molecular flexibility index (Phi) is 6.61. The number of carbonyl (C=O) groups excluding carboxylic acids is 1. The topological polar surface area (TPSA) is 56.7 Å². The molecule has 2 rings (SSSR count). The molecule has 0 radical (unpaired) electrons. The van der Waals surface area contributed by atoms with Gasteiger partial charge in [-0.05, 0) is 23.8 Å². The molecule has 0 spiro atoms. The summed E-state index contributed by atoms with van der Waals surface area (Å²) in [7, 11) is 3.62. The fraction of sp³-hybridized carbons (Fsp3) is 0.200. The van der Waals surface area contributed by atoms with Crippen molar-refractivity contribution >= 4 is 17.6 Å². The van der Waals surface area contributed by atoms with E-state index in [1.54, 1.807) is 19.2 Å². The molecule has 2 aromatic carbocycles. The van der Waals surface area contributed by atoms with Gasteiger partial charge in [0.2, 0.25) is 5.91 Å². The van der Waals surface area contributed by atoms with Crippen LogP contribution in [0.2, 0.25) is 0 Å². The van der Waals surface area contributed by atoms with E-state index < -0.39 is 0 Å². The van der Waals surface area contributed by atoms with Crippen LogP contribution in [-0.2, 0) is 11.3 Å². The highest BCUT2D eigenvalue weighted by atomic mass is 16.1. The summed E-state index contributed by atoms with van der Waals surface area (Å²) in [6.45, 7) is 0.818. The first kappa shape index (κ1) is 18.1. The van der Waals surface area contributed by atoms with E-state index in [1.165, 1.54) is 5.56 Å². The van der Waals surface area contributed by atoms with Crippen LogP contribution < -0.4 is 10.6 Å². The molecule has 0 aliphatic rings. The molecule has 0 saturated carbocycles. The lowest BCUT2D eigenvalue weighted by Crippen LogP contribution is -2.42. The van der Waals surface area contributed by atoms with Gasteiger partial charge in [-0.25, -0.2) is 0 Å². The van der Waals surface area contributed by atoms with Crippen LogP contribution >= 0.6 is 0 Å². The zero-order valence-electron chi connectivity index (χ0n) is 14.5. The van der Waals surface area contributed by atoms with Crippen LogP contribution in [0.15, 0.2) is 59.6 Å². The van der Waals surface area contributed by atoms with E-state index in [0.29, 0.717) is 18.2 Å². The van der Waals surface area contributed by atoms with E-state index in [2.05, 4.69) is 33.7 Å². The molecule has 0 aliphatic carbocycles. The summed E-state index contributed by atoms with van der Waals surface area (Å²) in [6, 6.07) is 17.3. The normalized spacial score (nSPS) is 10.7. The van der Waals surface area contributed by atoms with Crippen molar-refractivity contribution in [1.82, 2.24) is 10.2 Å². The maximum absolute atomic E-state index is 12.1. The number of hydrogen-bond donors (Lipinski definition) is 2. The SMILES string of the molecule is C#Cc1cccc(NC(=O)CNC(=NC)N(C)Cc2ccccc2)c1. The predicted molar refractivity (Wildman–Crippen MR) is 102 cm³/mol. The molecule has 0 saturated heterocycles. The van der Waals surface area contributed by atoms with Gasteiger partial charge in [-0.1, -0.05) is 42.3 Å². The third kappa shape index (κ3) is 5.70. The van der Waals surface area contributed by atoms with Gasteiger partial charge in [-0.15, -0.1) is 6.42 Å². The number of carbonyl (C=O) groups is 1. The smallest absolute Gasteiger partial charge is 0.243 e. The Morgan fingerprint density at radius 2 is 1.96 bits per heavy atom. The van der Waals surface area contributed by atoms with Crippen LogP contribution in [0, 0.1) is 12.3 Å². The Labute approximate surface area is 148 Å². The number of hydrogen-bond acceptors (Lipinski definition) is 2. The standard InChI is InChI=1S/C20H22N4O/c1-4-16-11-8-12-18(13-16)23-19(25)14-22-20(21-2)24(3)15-17-9-6-5-7-10-17/h1,5-13H,14-15H2,2-3H3,(H,21,22)(H,23,25). The average molecular weight is 334 g/mol. The van der Waals surface area contributed by atoms with E-state index in [1.807, 2.05) is 42.3 Å². The lowest BCUT2D eigenvalue weighted by atomic mass is 10.2. The first-order valence-corrected chi connectivity index (χ1v) is 7.94. The highest BCUT2D eigenvalue weighted by Crippen LogP contribution is 2.09. The van der Waals surface area contributed by atoms with Gasteiger partial charge in [-0.3, -0.25) is 9.79 Å². The van der Waals surface area contributed by atoms with Crippen LogP contribution in [0.25, 0.3) is 0 Å². The van der Waals surface area contributed by atoms with Crippen LogP contribution in [0.5, 0.6) is 0 Å². The molecule has 0 heterocycles. The molecule has 0 fully saturated rings. The number of anilines is 1. The third-order valence-corrected chi connectivity index (χ3v) is 3.56. The van der Waals surface area contributed by atoms with Gasteiger partial charge in [0.1, 0.15) is 0 Å². The Balaban J connectivity index is 1.87. The van der Waals surface area contributed by atoms with Crippen molar-refractivity contribution in [3.63, 3.8) is 0 Å². The van der Waals surface area contributed by atoms with Crippen LogP contribution in [0.1, 0.15) is 11.1 Å². The second-order valence-corrected chi connectivity index (χ2v) is 5.52. The average Bonchev–Trinajstić information content (AvgIpc) is 2.63. The zero-order valence-corrected chi connectivity index (χ0v) is 14.5. The molecule has 128 valence electrons. The molecule has 0 bridgehead atoms. The molecule has 2 N–H and O–H groups in total. The Morgan fingerprint density at radius 3 is 2.64 bits per heavy atom. The largest absolute Gasteiger partial charge is 0.347 e. The molecule has 5 heteroatoms. The fourth-order valence-corrected chi connectivity index (χ4v) is 2.37. The third-order valence-electron chi connectivity index (χ3n) is 3.56. The minimum Gasteiger partial charge on any atom is -0.347 e. The molecule has 0 atom stereocenters. The monoisotopic (exact) mass is 334 g/mol. The summed E-state index contributed by atoms with van der Waals surface area (Å²) in [5.41, 5.74) is 2.57. The van der Waals surface area contributed by atoms with Crippen molar-refractivity contribution < 1.29 is 4.79 Å². The quantitative estimate of drug-likeness (QED) is 0.501. The van der Waals surface area contributed by atoms with E-state index >= 15 is 0 Å². The maximum Gasteiger partial charge on any atom is 0.243 e. The summed E-state index contributed by atoms with van der Waals surface area (Å²) in [4.78, 5) is 18.3. The summed E-state index contributed by atoms with van der Waals surface area (Å²) < 4.78 is 0. The minimum atomic E-state index is -0.163. The minimum absolute atomic E-state index is 0.117. The van der Waals surface area contributed by atoms with E-state index in [4.69, 9.17) is 6.42 Å². The van der Waals surface area contributed by atoms with Gasteiger partial charge in [0.05, 0.1) is 6.54 Å². The molecular weight excluding hydrogens is 312 g/mol. The van der Waals surface area contributed by atoms with E-state index in [0.717, 1.165) is 5.56 Å². The number of benzene rings is 2. The maximum atomic E-state index is 12.1. The summed E-state index contributed by atoms with van der Waals surface area (Å²) >= 11 is 0. The molecule has 1 amide bonds. The van der Waals surface area contributed by atoms with E-state index in [-0.39, 0.29) is 12.5 Å². The first-order chi connectivity index (χ1) is 12.1. The number of nitrogens with zero attached hydrogens (tertiary/aromatic N) is 2. The number of guanidine groups is 1. The number of rotatable bonds is 5. The summed E-state index contributed by atoms with van der Waals surface area (Å²) in [5.74, 6) is 3.03. The molecule has 5 nitrogen and oxygen atoms in total. The Hall–Kier alpha value is -3.26. The van der Waals surface area contributed by atoms with E-state index in [9.17, 15) is 4.79 Å². The van der Waals surface area contributed by atoms with Crippen LogP contribution in [0.4, 0.5) is 5.69 Å². The van der Waals surface area contributed by atoms with Gasteiger partial charge in [-0.2, -0.15) is 0 Å². The van der Waals surface area contributed by atoms with Crippen molar-refractivity contribution in [2.75, 3.05) is 26.0 Å². The van der Waals surface area contributed by atoms with Crippen molar-refractivity contribution in [2.24, 2.45) is 4.99 Å². The van der Waals surface area contributed by atoms with Crippen molar-refractivity contribution in [2.45, 2.75) is 6.54 Å². The lowest BCUT2D eigenvalue weighted by Gasteiger charge is -2.22. The van der Waals surface area contributed by atoms with Gasteiger partial charge in [0.25, 0.3) is 0 Å². The van der Waals surface area contributed by atoms with Crippen molar-refractivity contribution in [1.29, 1.82) is 0 Å². The molecule has 0 unspecified atom stereocenters. The van der Waals surface area contributed by atoms with Gasteiger partial charge < -0.3 is 15.5 Å². The number of amides is 1. The second-order valence-electron chi connectivity index (χ2n) is 5.52. The summed E-state index contributed by atoms with van der Waals surface area (Å²) in [5, 5.41) is 5.88. The van der Waals surface area contributed by atoms with Gasteiger partial charge in [0, 0.05) is 31.9 Å². The fourth-order valence-electron chi connectivity index (χ4n) is 2.37. The molecule has 25 heavy (non-hydrogen) atoms. The highest BCUT2D eigenvalue weighted by Gasteiger charge is 2.09. The molecule has 0 aliphatic heterocycles. The number of terminal acetylenes is 1. The lowest BCUT2D eigenvalue weighted by molar-refractivity contribution is -0.115. The van der Waals surface area contributed by atoms with Crippen molar-refractivity contribution in [3.8, 4) is 12.3 Å². The first-order valence-electron chi connectivity index (χ1n) is 7.94. The Morgan fingerprint density at radius 1 is 1.20 bits per heavy atom. The number of nitrogens with one attached hydrogen (secondary N) is 2. The Bertz CT molecular complexity index is 778. The highest BCUT2D eigenvalue weighted by molar-refractivity contribution is 5.95. The molecular formula is C20H22N4O. The molecule has 0 aromatic heterocycles. The zero-order chi connectivity index (χ0) is 18.1. The van der Waals surface area contributed by atoms with Gasteiger partial charge >= 0.3 is 0 Å². The van der Waals surface area contributed by atoms with Crippen molar-refractivity contribution in [3.05, 3.63) is 65.7 Å². The predicted octanol–water partition coefficient (Wildman–Crippen LogP) is 2.31. The summed E-state index contributed by atoms with van der Waals surface area (Å²) in [6.07, 6.45) is 5.37. The second kappa shape index (κ2) is 9.14. The van der Waals surface area contributed by atoms with Gasteiger partial charge in [0.15, 0.2) is 5.96 Å². The van der Waals surface area contributed by atoms with Crippen LogP contribution in [0.3, 0.4) is 0 Å². The number of aliphatic imine (C=N–C) groups is 1.